The molecule has 24 heavy (non-hydrogen) atoms. The summed E-state index contributed by atoms with van der Waals surface area (Å²) >= 11 is 3.44. The molecule has 1 unspecified atom stereocenters. The zero-order valence-corrected chi connectivity index (χ0v) is 15.3. The van der Waals surface area contributed by atoms with Gasteiger partial charge in [-0.15, -0.1) is 0 Å². The zero-order valence-electron chi connectivity index (χ0n) is 13.7. The number of hydrogen-bond donors (Lipinski definition) is 0. The molecule has 0 N–H and O–H groups in total. The average molecular weight is 399 g/mol. The number of nitrogens with zero attached hydrogens (tertiary/aromatic N) is 6. The minimum absolute atomic E-state index is 0.131. The predicted octanol–water partition coefficient (Wildman–Crippen LogP) is 2.38. The molecule has 0 aromatic carbocycles. The van der Waals surface area contributed by atoms with Crippen LogP contribution in [0.25, 0.3) is 0 Å². The summed E-state index contributed by atoms with van der Waals surface area (Å²) in [6.45, 7) is 4.90. The molecule has 0 bridgehead atoms. The molecule has 0 radical (unpaired) electrons. The second-order valence-electron chi connectivity index (χ2n) is 5.33. The van der Waals surface area contributed by atoms with E-state index in [9.17, 15) is 14.9 Å². The fourth-order valence-corrected chi connectivity index (χ4v) is 2.77. The largest absolute Gasteiger partial charge is 0.338 e. The van der Waals surface area contributed by atoms with E-state index in [2.05, 4.69) is 26.1 Å². The molecule has 0 fully saturated rings. The quantitative estimate of drug-likeness (QED) is 0.526. The van der Waals surface area contributed by atoms with Crippen LogP contribution in [-0.2, 0) is 17.9 Å². The Morgan fingerprint density at radius 3 is 2.67 bits per heavy atom. The van der Waals surface area contributed by atoms with Gasteiger partial charge in [0.15, 0.2) is 0 Å². The monoisotopic (exact) mass is 398 g/mol. The van der Waals surface area contributed by atoms with Gasteiger partial charge in [-0.2, -0.15) is 10.2 Å². The van der Waals surface area contributed by atoms with Gasteiger partial charge in [-0.25, -0.2) is 0 Å². The van der Waals surface area contributed by atoms with Crippen LogP contribution in [0.5, 0.6) is 0 Å². The molecule has 0 aliphatic rings. The second kappa shape index (κ2) is 7.56. The van der Waals surface area contributed by atoms with Crippen LogP contribution < -0.4 is 0 Å². The van der Waals surface area contributed by atoms with Gasteiger partial charge in [-0.3, -0.25) is 24.3 Å². The molecule has 0 saturated carbocycles. The highest BCUT2D eigenvalue weighted by Crippen LogP contribution is 2.21. The zero-order chi connectivity index (χ0) is 17.9. The lowest BCUT2D eigenvalue weighted by molar-refractivity contribution is -0.385. The smallest absolute Gasteiger partial charge is 0.307 e. The van der Waals surface area contributed by atoms with Crippen molar-refractivity contribution in [1.29, 1.82) is 0 Å². The highest BCUT2D eigenvalue weighted by Gasteiger charge is 2.25. The molecule has 2 aromatic rings. The van der Waals surface area contributed by atoms with Crippen LogP contribution >= 0.6 is 15.9 Å². The molecule has 2 heterocycles. The lowest BCUT2D eigenvalue weighted by Crippen LogP contribution is -2.34. The minimum atomic E-state index is -0.587. The van der Waals surface area contributed by atoms with Gasteiger partial charge < -0.3 is 4.90 Å². The number of hydrogen-bond acceptors (Lipinski definition) is 5. The number of nitro groups is 1. The van der Waals surface area contributed by atoms with Crippen molar-refractivity contribution in [2.45, 2.75) is 39.4 Å². The van der Waals surface area contributed by atoms with Crippen LogP contribution in [0.3, 0.4) is 0 Å². The van der Waals surface area contributed by atoms with E-state index in [1.54, 1.807) is 16.6 Å². The first-order valence-corrected chi connectivity index (χ1v) is 8.32. The molecule has 0 spiro atoms. The Morgan fingerprint density at radius 2 is 2.17 bits per heavy atom. The average Bonchev–Trinajstić information content (AvgIpc) is 3.15. The van der Waals surface area contributed by atoms with Gasteiger partial charge in [0.05, 0.1) is 21.6 Å². The fraction of sp³-hybridized carbons (Fsp3) is 0.500. The molecule has 1 atom stereocenters. The van der Waals surface area contributed by atoms with Crippen molar-refractivity contribution < 1.29 is 9.72 Å². The lowest BCUT2D eigenvalue weighted by Gasteiger charge is -2.22. The standard InChI is InChI=1S/C14H19BrN6O3/c1-4-13(20-7-10(6-16-20)21(23)24)14(22)18(3)9-12-11(15)8-19(5-2)17-12/h6-8,13H,4-5,9H2,1-3H3. The van der Waals surface area contributed by atoms with Crippen molar-refractivity contribution in [1.82, 2.24) is 24.5 Å². The summed E-state index contributed by atoms with van der Waals surface area (Å²) in [6.07, 6.45) is 4.77. The Balaban J connectivity index is 2.14. The molecule has 130 valence electrons. The number of likely N-dealkylation sites (N-methyl/N-ethyl adjacent to an activating group) is 1. The van der Waals surface area contributed by atoms with Crippen LogP contribution in [0.2, 0.25) is 0 Å². The van der Waals surface area contributed by atoms with Crippen LogP contribution in [0.4, 0.5) is 5.69 Å². The third-order valence-electron chi connectivity index (χ3n) is 3.66. The Hall–Kier alpha value is -2.23. The molecule has 0 aliphatic heterocycles. The van der Waals surface area contributed by atoms with Crippen molar-refractivity contribution in [2.75, 3.05) is 7.05 Å². The molecular weight excluding hydrogens is 380 g/mol. The van der Waals surface area contributed by atoms with Gasteiger partial charge in [0.25, 0.3) is 0 Å². The van der Waals surface area contributed by atoms with E-state index in [-0.39, 0.29) is 11.6 Å². The van der Waals surface area contributed by atoms with E-state index in [0.29, 0.717) is 13.0 Å². The summed E-state index contributed by atoms with van der Waals surface area (Å²) in [5.41, 5.74) is 0.627. The SMILES string of the molecule is CCC(C(=O)N(C)Cc1nn(CC)cc1Br)n1cc([N+](=O)[O-])cn1. The summed E-state index contributed by atoms with van der Waals surface area (Å²) in [6, 6.07) is -0.587. The van der Waals surface area contributed by atoms with Crippen LogP contribution in [0, 0.1) is 10.1 Å². The molecule has 0 saturated heterocycles. The summed E-state index contributed by atoms with van der Waals surface area (Å²) in [5.74, 6) is -0.173. The predicted molar refractivity (Wildman–Crippen MR) is 90.3 cm³/mol. The van der Waals surface area contributed by atoms with Gasteiger partial charge in [0, 0.05) is 19.8 Å². The van der Waals surface area contributed by atoms with E-state index in [1.807, 2.05) is 20.0 Å². The van der Waals surface area contributed by atoms with Crippen molar-refractivity contribution >= 4 is 27.5 Å². The topological polar surface area (TPSA) is 99.1 Å². The maximum absolute atomic E-state index is 12.7. The molecule has 2 aromatic heterocycles. The molecule has 2 rings (SSSR count). The lowest BCUT2D eigenvalue weighted by atomic mass is 10.2. The Kier molecular flexibility index (Phi) is 5.71. The number of carbonyl (C=O) groups excluding carboxylic acids is 1. The minimum Gasteiger partial charge on any atom is -0.338 e. The van der Waals surface area contributed by atoms with Crippen LogP contribution in [0.15, 0.2) is 23.1 Å². The molecular formula is C14H19BrN6O3. The molecule has 9 nitrogen and oxygen atoms in total. The van der Waals surface area contributed by atoms with Gasteiger partial charge >= 0.3 is 5.69 Å². The van der Waals surface area contributed by atoms with Crippen LogP contribution in [-0.4, -0.2) is 42.3 Å². The van der Waals surface area contributed by atoms with Crippen molar-refractivity contribution in [3.63, 3.8) is 0 Å². The van der Waals surface area contributed by atoms with Crippen LogP contribution in [0.1, 0.15) is 32.0 Å². The molecule has 10 heteroatoms. The van der Waals surface area contributed by atoms with E-state index < -0.39 is 11.0 Å². The Bertz CT molecular complexity index is 741. The summed E-state index contributed by atoms with van der Waals surface area (Å²) in [7, 11) is 1.68. The highest BCUT2D eigenvalue weighted by molar-refractivity contribution is 9.10. The van der Waals surface area contributed by atoms with E-state index >= 15 is 0 Å². The maximum Gasteiger partial charge on any atom is 0.307 e. The number of aryl methyl sites for hydroxylation is 1. The third kappa shape index (κ3) is 3.81. The normalized spacial score (nSPS) is 12.2. The first kappa shape index (κ1) is 18.1. The molecule has 1 amide bonds. The Morgan fingerprint density at radius 1 is 1.46 bits per heavy atom. The highest BCUT2D eigenvalue weighted by atomic mass is 79.9. The van der Waals surface area contributed by atoms with E-state index in [4.69, 9.17) is 0 Å². The van der Waals surface area contributed by atoms with E-state index in [1.165, 1.54) is 10.9 Å². The first-order valence-electron chi connectivity index (χ1n) is 7.52. The summed E-state index contributed by atoms with van der Waals surface area (Å²) in [5, 5.41) is 19.1. The summed E-state index contributed by atoms with van der Waals surface area (Å²) in [4.78, 5) is 24.5. The number of carbonyl (C=O) groups is 1. The van der Waals surface area contributed by atoms with Gasteiger partial charge in [-0.05, 0) is 29.3 Å². The van der Waals surface area contributed by atoms with Gasteiger partial charge in [-0.1, -0.05) is 6.92 Å². The first-order chi connectivity index (χ1) is 11.4. The number of amides is 1. The number of halogens is 1. The van der Waals surface area contributed by atoms with Crippen molar-refractivity contribution in [2.24, 2.45) is 0 Å². The third-order valence-corrected chi connectivity index (χ3v) is 4.33. The van der Waals surface area contributed by atoms with E-state index in [0.717, 1.165) is 22.9 Å². The van der Waals surface area contributed by atoms with Crippen molar-refractivity contribution in [3.8, 4) is 0 Å². The van der Waals surface area contributed by atoms with Gasteiger partial charge in [0.1, 0.15) is 18.4 Å². The Labute approximate surface area is 147 Å². The molecule has 0 aliphatic carbocycles. The number of aromatic nitrogens is 4. The summed E-state index contributed by atoms with van der Waals surface area (Å²) < 4.78 is 3.97. The van der Waals surface area contributed by atoms with Gasteiger partial charge in [0.2, 0.25) is 5.91 Å². The maximum atomic E-state index is 12.7. The van der Waals surface area contributed by atoms with Crippen molar-refractivity contribution in [3.05, 3.63) is 38.9 Å². The fourth-order valence-electron chi connectivity index (χ4n) is 2.33. The second-order valence-corrected chi connectivity index (χ2v) is 6.19. The number of rotatable bonds is 7.